The van der Waals surface area contributed by atoms with E-state index < -0.39 is 0 Å². The molecule has 33 heavy (non-hydrogen) atoms. The molecule has 0 aliphatic carbocycles. The standard InChI is InChI=1S/C23H25N7O3/c31-20(28-6-10-32-11-7-28)15-30-22-18(14-25-30)21(17-2-1-3-19-16(17)4-5-24-19)26-23(27-22)29-8-12-33-13-9-29/h1-5,14,24H,6-13,15H2. The van der Waals surface area contributed by atoms with Gasteiger partial charge in [0, 0.05) is 48.8 Å². The summed E-state index contributed by atoms with van der Waals surface area (Å²) in [6.45, 7) is 5.20. The Morgan fingerprint density at radius 2 is 1.76 bits per heavy atom. The Labute approximate surface area is 190 Å². The molecule has 0 spiro atoms. The highest BCUT2D eigenvalue weighted by molar-refractivity contribution is 6.02. The fourth-order valence-corrected chi connectivity index (χ4v) is 4.50. The number of nitrogens with zero attached hydrogens (tertiary/aromatic N) is 6. The van der Waals surface area contributed by atoms with Crippen LogP contribution in [0.25, 0.3) is 33.2 Å². The Bertz CT molecular complexity index is 1300. The van der Waals surface area contributed by atoms with Crippen molar-refractivity contribution in [3.63, 3.8) is 0 Å². The summed E-state index contributed by atoms with van der Waals surface area (Å²) in [5.74, 6) is 0.651. The second kappa shape index (κ2) is 8.45. The van der Waals surface area contributed by atoms with Gasteiger partial charge in [0.1, 0.15) is 6.54 Å². The number of anilines is 1. The minimum absolute atomic E-state index is 0.0177. The second-order valence-corrected chi connectivity index (χ2v) is 8.25. The Balaban J connectivity index is 1.46. The molecule has 6 rings (SSSR count). The minimum Gasteiger partial charge on any atom is -0.378 e. The molecule has 4 aromatic rings. The highest BCUT2D eigenvalue weighted by Gasteiger charge is 2.23. The molecular formula is C23H25N7O3. The highest BCUT2D eigenvalue weighted by atomic mass is 16.5. The quantitative estimate of drug-likeness (QED) is 0.508. The number of rotatable bonds is 4. The first-order valence-corrected chi connectivity index (χ1v) is 11.3. The molecule has 2 saturated heterocycles. The van der Waals surface area contributed by atoms with E-state index >= 15 is 0 Å². The van der Waals surface area contributed by atoms with E-state index in [0.29, 0.717) is 51.1 Å². The molecule has 1 N–H and O–H groups in total. The van der Waals surface area contributed by atoms with Crippen molar-refractivity contribution in [3.05, 3.63) is 36.7 Å². The predicted octanol–water partition coefficient (Wildman–Crippen LogP) is 1.67. The average Bonchev–Trinajstić information content (AvgIpc) is 3.52. The summed E-state index contributed by atoms with van der Waals surface area (Å²) in [7, 11) is 0. The zero-order valence-corrected chi connectivity index (χ0v) is 18.2. The summed E-state index contributed by atoms with van der Waals surface area (Å²) in [6.07, 6.45) is 3.70. The molecule has 170 valence electrons. The molecule has 10 heteroatoms. The number of fused-ring (bicyclic) bond motifs is 2. The molecule has 1 aromatic carbocycles. The third kappa shape index (κ3) is 3.70. The predicted molar refractivity (Wildman–Crippen MR) is 123 cm³/mol. The van der Waals surface area contributed by atoms with Gasteiger partial charge < -0.3 is 24.3 Å². The van der Waals surface area contributed by atoms with E-state index in [2.05, 4.69) is 27.1 Å². The average molecular weight is 447 g/mol. The number of benzene rings is 1. The number of aromatic nitrogens is 5. The zero-order chi connectivity index (χ0) is 22.2. The van der Waals surface area contributed by atoms with Gasteiger partial charge >= 0.3 is 0 Å². The second-order valence-electron chi connectivity index (χ2n) is 8.25. The van der Waals surface area contributed by atoms with Gasteiger partial charge in [-0.05, 0) is 12.1 Å². The highest BCUT2D eigenvalue weighted by Crippen LogP contribution is 2.33. The Morgan fingerprint density at radius 3 is 2.58 bits per heavy atom. The molecule has 10 nitrogen and oxygen atoms in total. The Morgan fingerprint density at radius 1 is 0.970 bits per heavy atom. The van der Waals surface area contributed by atoms with Gasteiger partial charge in [-0.15, -0.1) is 0 Å². The molecule has 0 saturated carbocycles. The van der Waals surface area contributed by atoms with Crippen LogP contribution in [0.1, 0.15) is 0 Å². The lowest BCUT2D eigenvalue weighted by molar-refractivity contribution is -0.136. The van der Waals surface area contributed by atoms with Crippen LogP contribution in [0.4, 0.5) is 5.95 Å². The van der Waals surface area contributed by atoms with Crippen LogP contribution >= 0.6 is 0 Å². The van der Waals surface area contributed by atoms with Crippen molar-refractivity contribution in [2.75, 3.05) is 57.5 Å². The zero-order valence-electron chi connectivity index (χ0n) is 18.2. The lowest BCUT2D eigenvalue weighted by Crippen LogP contribution is -2.42. The third-order valence-corrected chi connectivity index (χ3v) is 6.28. The summed E-state index contributed by atoms with van der Waals surface area (Å²) in [5.41, 5.74) is 3.53. The van der Waals surface area contributed by atoms with E-state index in [-0.39, 0.29) is 12.5 Å². The number of ether oxygens (including phenoxy) is 2. The topological polar surface area (TPSA) is 101 Å². The first-order valence-electron chi connectivity index (χ1n) is 11.3. The number of hydrogen-bond donors (Lipinski definition) is 1. The molecule has 0 unspecified atom stereocenters. The van der Waals surface area contributed by atoms with Crippen molar-refractivity contribution in [1.29, 1.82) is 0 Å². The summed E-state index contributed by atoms with van der Waals surface area (Å²) in [4.78, 5) is 30.0. The maximum absolute atomic E-state index is 12.9. The van der Waals surface area contributed by atoms with Gasteiger partial charge in [0.15, 0.2) is 5.65 Å². The summed E-state index contributed by atoms with van der Waals surface area (Å²) in [6, 6.07) is 8.18. The molecule has 2 aliphatic heterocycles. The number of hydrogen-bond acceptors (Lipinski definition) is 7. The van der Waals surface area contributed by atoms with Crippen molar-refractivity contribution in [2.45, 2.75) is 6.54 Å². The van der Waals surface area contributed by atoms with Gasteiger partial charge in [-0.1, -0.05) is 12.1 Å². The van der Waals surface area contributed by atoms with Crippen LogP contribution in [-0.2, 0) is 20.8 Å². The van der Waals surface area contributed by atoms with Crippen LogP contribution in [0.5, 0.6) is 0 Å². The maximum Gasteiger partial charge on any atom is 0.244 e. The minimum atomic E-state index is 0.0177. The SMILES string of the molecule is O=C(Cn1ncc2c(-c3cccc4[nH]ccc34)nc(N3CCOCC3)nc21)N1CCOCC1. The lowest BCUT2D eigenvalue weighted by Gasteiger charge is -2.27. The molecule has 5 heterocycles. The molecule has 3 aromatic heterocycles. The van der Waals surface area contributed by atoms with E-state index in [4.69, 9.17) is 19.4 Å². The fourth-order valence-electron chi connectivity index (χ4n) is 4.50. The van der Waals surface area contributed by atoms with Crippen molar-refractivity contribution in [1.82, 2.24) is 29.6 Å². The van der Waals surface area contributed by atoms with Gasteiger partial charge in [-0.25, -0.2) is 9.67 Å². The first-order chi connectivity index (χ1) is 16.3. The largest absolute Gasteiger partial charge is 0.378 e. The van der Waals surface area contributed by atoms with Crippen LogP contribution in [-0.4, -0.2) is 88.1 Å². The van der Waals surface area contributed by atoms with Crippen LogP contribution in [0.15, 0.2) is 36.7 Å². The maximum atomic E-state index is 12.9. The van der Waals surface area contributed by atoms with E-state index in [9.17, 15) is 4.79 Å². The van der Waals surface area contributed by atoms with Crippen molar-refractivity contribution < 1.29 is 14.3 Å². The lowest BCUT2D eigenvalue weighted by atomic mass is 10.0. The van der Waals surface area contributed by atoms with Gasteiger partial charge in [0.25, 0.3) is 0 Å². The summed E-state index contributed by atoms with van der Waals surface area (Å²) in [5, 5.41) is 6.47. The van der Waals surface area contributed by atoms with Gasteiger partial charge in [0.05, 0.1) is 43.7 Å². The monoisotopic (exact) mass is 447 g/mol. The fraction of sp³-hybridized carbons (Fsp3) is 0.391. The summed E-state index contributed by atoms with van der Waals surface area (Å²) < 4.78 is 12.6. The molecule has 0 radical (unpaired) electrons. The number of amides is 1. The van der Waals surface area contributed by atoms with Gasteiger partial charge in [-0.2, -0.15) is 10.1 Å². The molecule has 2 fully saturated rings. The number of carbonyl (C=O) groups excluding carboxylic acids is 1. The van der Waals surface area contributed by atoms with E-state index in [1.54, 1.807) is 10.9 Å². The van der Waals surface area contributed by atoms with Crippen LogP contribution < -0.4 is 4.90 Å². The number of carbonyl (C=O) groups is 1. The number of aromatic amines is 1. The van der Waals surface area contributed by atoms with E-state index in [1.807, 2.05) is 23.2 Å². The van der Waals surface area contributed by atoms with Crippen molar-refractivity contribution in [2.24, 2.45) is 0 Å². The Hall–Kier alpha value is -3.50. The van der Waals surface area contributed by atoms with Crippen LogP contribution in [0.2, 0.25) is 0 Å². The van der Waals surface area contributed by atoms with Gasteiger partial charge in [0.2, 0.25) is 11.9 Å². The smallest absolute Gasteiger partial charge is 0.244 e. The van der Waals surface area contributed by atoms with Crippen LogP contribution in [0, 0.1) is 0 Å². The third-order valence-electron chi connectivity index (χ3n) is 6.28. The normalized spacial score (nSPS) is 17.2. The molecular weight excluding hydrogens is 422 g/mol. The number of morpholine rings is 2. The van der Waals surface area contributed by atoms with Gasteiger partial charge in [-0.3, -0.25) is 4.79 Å². The molecule has 0 bridgehead atoms. The molecule has 2 aliphatic rings. The first kappa shape index (κ1) is 20.1. The number of nitrogens with one attached hydrogen (secondary N) is 1. The Kier molecular flexibility index (Phi) is 5.16. The molecule has 0 atom stereocenters. The van der Waals surface area contributed by atoms with Crippen molar-refractivity contribution in [3.8, 4) is 11.3 Å². The summed E-state index contributed by atoms with van der Waals surface area (Å²) >= 11 is 0. The van der Waals surface area contributed by atoms with E-state index in [1.165, 1.54) is 0 Å². The van der Waals surface area contributed by atoms with Crippen LogP contribution in [0.3, 0.4) is 0 Å². The van der Waals surface area contributed by atoms with E-state index in [0.717, 1.165) is 40.6 Å². The molecule has 1 amide bonds. The number of H-pyrrole nitrogens is 1. The van der Waals surface area contributed by atoms with Crippen molar-refractivity contribution >= 4 is 33.8 Å².